The number of hydrogen-bond acceptors (Lipinski definition) is 2. The first-order valence-corrected chi connectivity index (χ1v) is 5.08. The van der Waals surface area contributed by atoms with Crippen LogP contribution in [0.2, 0.25) is 0 Å². The first kappa shape index (κ1) is 11.2. The molecule has 0 aliphatic rings. The molecular weight excluding hydrogens is 246 g/mol. The molecule has 0 unspecified atom stereocenters. The summed E-state index contributed by atoms with van der Waals surface area (Å²) in [6.07, 6.45) is 0.268. The zero-order valence-corrected chi connectivity index (χ0v) is 9.41. The van der Waals surface area contributed by atoms with Crippen molar-refractivity contribution in [3.63, 3.8) is 0 Å². The Kier molecular flexibility index (Phi) is 3.29. The van der Waals surface area contributed by atoms with Crippen LogP contribution in [0.5, 0.6) is 0 Å². The van der Waals surface area contributed by atoms with Crippen molar-refractivity contribution in [3.05, 3.63) is 34.3 Å². The highest BCUT2D eigenvalue weighted by atomic mass is 79.9. The number of amides is 1. The van der Waals surface area contributed by atoms with Gasteiger partial charge in [0.1, 0.15) is 0 Å². The third kappa shape index (κ3) is 1.96. The second kappa shape index (κ2) is 4.11. The van der Waals surface area contributed by atoms with E-state index in [9.17, 15) is 9.90 Å². The smallest absolute Gasteiger partial charge is 0.254 e. The van der Waals surface area contributed by atoms with Gasteiger partial charge in [-0.15, -0.1) is 0 Å². The summed E-state index contributed by atoms with van der Waals surface area (Å²) in [5, 5.41) is 9.97. The van der Waals surface area contributed by atoms with Crippen LogP contribution in [0.15, 0.2) is 28.7 Å². The van der Waals surface area contributed by atoms with Gasteiger partial charge in [0.05, 0.1) is 0 Å². The van der Waals surface area contributed by atoms with E-state index in [1.165, 1.54) is 0 Å². The van der Waals surface area contributed by atoms with Gasteiger partial charge in [-0.1, -0.05) is 35.0 Å². The number of carbonyl (C=O) groups is 1. The summed E-state index contributed by atoms with van der Waals surface area (Å²) in [4.78, 5) is 11.1. The van der Waals surface area contributed by atoms with Crippen molar-refractivity contribution in [3.8, 4) is 0 Å². The van der Waals surface area contributed by atoms with Gasteiger partial charge < -0.3 is 10.8 Å². The van der Waals surface area contributed by atoms with Crippen LogP contribution in [0.3, 0.4) is 0 Å². The summed E-state index contributed by atoms with van der Waals surface area (Å²) >= 11 is 3.27. The summed E-state index contributed by atoms with van der Waals surface area (Å²) in [7, 11) is 0. The van der Waals surface area contributed by atoms with Crippen molar-refractivity contribution in [2.24, 2.45) is 5.73 Å². The van der Waals surface area contributed by atoms with E-state index in [1.807, 2.05) is 0 Å². The van der Waals surface area contributed by atoms with Gasteiger partial charge in [0.15, 0.2) is 5.60 Å². The number of primary amides is 1. The van der Waals surface area contributed by atoms with E-state index in [1.54, 1.807) is 31.2 Å². The molecule has 76 valence electrons. The third-order valence-corrected chi connectivity index (χ3v) is 2.77. The molecule has 0 bridgehead atoms. The van der Waals surface area contributed by atoms with Gasteiger partial charge in [-0.2, -0.15) is 0 Å². The summed E-state index contributed by atoms with van der Waals surface area (Å²) in [5.74, 6) is -0.720. The van der Waals surface area contributed by atoms with Crippen molar-refractivity contribution in [2.45, 2.75) is 18.9 Å². The lowest BCUT2D eigenvalue weighted by Gasteiger charge is -2.23. The summed E-state index contributed by atoms with van der Waals surface area (Å²) in [5.41, 5.74) is 4.12. The van der Waals surface area contributed by atoms with Crippen molar-refractivity contribution in [1.82, 2.24) is 0 Å². The molecule has 1 rings (SSSR count). The number of hydrogen-bond donors (Lipinski definition) is 2. The molecule has 0 saturated heterocycles. The molecule has 0 aliphatic heterocycles. The van der Waals surface area contributed by atoms with Crippen LogP contribution < -0.4 is 5.73 Å². The fourth-order valence-corrected chi connectivity index (χ4v) is 1.51. The topological polar surface area (TPSA) is 63.3 Å². The number of halogens is 1. The highest BCUT2D eigenvalue weighted by Crippen LogP contribution is 2.25. The predicted octanol–water partition coefficient (Wildman–Crippen LogP) is 1.53. The molecule has 0 aromatic heterocycles. The highest BCUT2D eigenvalue weighted by Gasteiger charge is 2.33. The van der Waals surface area contributed by atoms with E-state index < -0.39 is 11.5 Å². The van der Waals surface area contributed by atoms with Crippen molar-refractivity contribution < 1.29 is 9.90 Å². The van der Waals surface area contributed by atoms with Crippen LogP contribution in [-0.4, -0.2) is 11.0 Å². The molecule has 1 amide bonds. The van der Waals surface area contributed by atoms with Crippen LogP contribution in [-0.2, 0) is 10.4 Å². The Bertz CT molecular complexity index is 336. The lowest BCUT2D eigenvalue weighted by molar-refractivity contribution is -0.137. The Balaban J connectivity index is 3.13. The molecule has 0 fully saturated rings. The molecule has 4 heteroatoms. The minimum atomic E-state index is -1.55. The number of nitrogens with two attached hydrogens (primary N) is 1. The Morgan fingerprint density at radius 2 is 2.00 bits per heavy atom. The SMILES string of the molecule is CC[C@](O)(C(N)=O)c1ccc(Br)cc1. The number of aliphatic hydroxyl groups is 1. The van der Waals surface area contributed by atoms with E-state index >= 15 is 0 Å². The van der Waals surface area contributed by atoms with Gasteiger partial charge in [0.2, 0.25) is 0 Å². The van der Waals surface area contributed by atoms with E-state index in [2.05, 4.69) is 15.9 Å². The fraction of sp³-hybridized carbons (Fsp3) is 0.300. The molecule has 1 atom stereocenters. The third-order valence-electron chi connectivity index (χ3n) is 2.24. The molecular formula is C10H12BrNO2. The Morgan fingerprint density at radius 3 is 2.36 bits per heavy atom. The molecule has 0 spiro atoms. The summed E-state index contributed by atoms with van der Waals surface area (Å²) in [6.45, 7) is 1.72. The van der Waals surface area contributed by atoms with Gasteiger partial charge in [-0.3, -0.25) is 4.79 Å². The van der Waals surface area contributed by atoms with Gasteiger partial charge in [-0.25, -0.2) is 0 Å². The number of benzene rings is 1. The first-order valence-electron chi connectivity index (χ1n) is 4.29. The highest BCUT2D eigenvalue weighted by molar-refractivity contribution is 9.10. The summed E-state index contributed by atoms with van der Waals surface area (Å²) < 4.78 is 0.893. The lowest BCUT2D eigenvalue weighted by atomic mass is 9.91. The monoisotopic (exact) mass is 257 g/mol. The van der Waals surface area contributed by atoms with E-state index in [0.29, 0.717) is 5.56 Å². The van der Waals surface area contributed by atoms with Gasteiger partial charge >= 0.3 is 0 Å². The van der Waals surface area contributed by atoms with Crippen molar-refractivity contribution in [1.29, 1.82) is 0 Å². The predicted molar refractivity (Wildman–Crippen MR) is 57.5 cm³/mol. The standard InChI is InChI=1S/C10H12BrNO2/c1-2-10(14,9(12)13)7-3-5-8(11)6-4-7/h3-6,14H,2H2,1H3,(H2,12,13)/t10-/m1/s1. The van der Waals surface area contributed by atoms with Crippen LogP contribution in [0.1, 0.15) is 18.9 Å². The first-order chi connectivity index (χ1) is 6.50. The average molecular weight is 258 g/mol. The Labute approximate surface area is 91.1 Å². The number of carbonyl (C=O) groups excluding carboxylic acids is 1. The van der Waals surface area contributed by atoms with Crippen molar-refractivity contribution in [2.75, 3.05) is 0 Å². The molecule has 1 aromatic carbocycles. The van der Waals surface area contributed by atoms with Crippen LogP contribution in [0.4, 0.5) is 0 Å². The van der Waals surface area contributed by atoms with Gasteiger partial charge in [0, 0.05) is 4.47 Å². The number of rotatable bonds is 3. The maximum absolute atomic E-state index is 11.1. The largest absolute Gasteiger partial charge is 0.375 e. The summed E-state index contributed by atoms with van der Waals surface area (Å²) in [6, 6.07) is 6.88. The van der Waals surface area contributed by atoms with E-state index in [0.717, 1.165) is 4.47 Å². The molecule has 3 N–H and O–H groups in total. The second-order valence-electron chi connectivity index (χ2n) is 3.08. The molecule has 0 saturated carbocycles. The average Bonchev–Trinajstić information content (AvgIpc) is 2.17. The Morgan fingerprint density at radius 1 is 1.50 bits per heavy atom. The quantitative estimate of drug-likeness (QED) is 0.863. The van der Waals surface area contributed by atoms with Gasteiger partial charge in [0.25, 0.3) is 5.91 Å². The Hall–Kier alpha value is -0.870. The molecule has 0 radical (unpaired) electrons. The lowest BCUT2D eigenvalue weighted by Crippen LogP contribution is -2.40. The molecule has 0 heterocycles. The minimum absolute atomic E-state index is 0.268. The van der Waals surface area contributed by atoms with Crippen molar-refractivity contribution >= 4 is 21.8 Å². The maximum Gasteiger partial charge on any atom is 0.254 e. The van der Waals surface area contributed by atoms with E-state index in [4.69, 9.17) is 5.73 Å². The van der Waals surface area contributed by atoms with E-state index in [-0.39, 0.29) is 6.42 Å². The minimum Gasteiger partial charge on any atom is -0.375 e. The van der Waals surface area contributed by atoms with Crippen LogP contribution >= 0.6 is 15.9 Å². The van der Waals surface area contributed by atoms with Crippen LogP contribution in [0.25, 0.3) is 0 Å². The normalized spacial score (nSPS) is 14.8. The molecule has 3 nitrogen and oxygen atoms in total. The molecule has 0 aliphatic carbocycles. The molecule has 1 aromatic rings. The molecule has 14 heavy (non-hydrogen) atoms. The maximum atomic E-state index is 11.1. The van der Waals surface area contributed by atoms with Crippen LogP contribution in [0, 0.1) is 0 Å². The second-order valence-corrected chi connectivity index (χ2v) is 4.00. The fourth-order valence-electron chi connectivity index (χ4n) is 1.25. The van der Waals surface area contributed by atoms with Gasteiger partial charge in [-0.05, 0) is 24.1 Å². The zero-order valence-electron chi connectivity index (χ0n) is 7.83. The zero-order chi connectivity index (χ0) is 10.8.